The van der Waals surface area contributed by atoms with Gasteiger partial charge in [-0.2, -0.15) is 26.3 Å². The van der Waals surface area contributed by atoms with Crippen LogP contribution in [0.15, 0.2) is 60.7 Å². The Hall–Kier alpha value is -6.30. The first-order valence-electron chi connectivity index (χ1n) is 25.9. The van der Waals surface area contributed by atoms with E-state index < -0.39 is 122 Å². The van der Waals surface area contributed by atoms with Crippen LogP contribution in [0.3, 0.4) is 0 Å². The standard InChI is InChI=1S/C52H74F6N10O8/c1-35(59-3)45(71)63-41(47(73)67-27-15-21-39(67)33-65(49(75)51(53,54)55)29-23-37-17-9-7-10-18-37)31-43(69)61-25-13-5-6-14-26-62-44(70)32-42(64-46(72)36(2)60-4)48(74)68-28-16-22-40(68)34-66(50(76)52(56,57)58)30-24-38-19-11-8-12-20-38/h7-12,17-20,35-36,39-42,59-60H,5-6,13-16,21-34H2,1-4H3,(H,61,69)(H,62,70)(H,63,71)(H,64,72)/t35-,36+,39-,40-,41-,42-/m0/s1. The first kappa shape index (κ1) is 62.2. The lowest BCUT2D eigenvalue weighted by molar-refractivity contribution is -0.186. The Morgan fingerprint density at radius 3 is 1.25 bits per heavy atom. The summed E-state index contributed by atoms with van der Waals surface area (Å²) in [6.07, 6.45) is -7.29. The molecule has 0 aromatic heterocycles. The van der Waals surface area contributed by atoms with Crippen LogP contribution in [0.2, 0.25) is 0 Å². The first-order valence-corrected chi connectivity index (χ1v) is 25.9. The molecule has 6 atom stereocenters. The molecule has 0 aliphatic carbocycles. The average molecular weight is 1080 g/mol. The summed E-state index contributed by atoms with van der Waals surface area (Å²) in [5.41, 5.74) is 1.45. The fraction of sp³-hybridized carbons (Fsp3) is 0.615. The maximum absolute atomic E-state index is 14.1. The highest BCUT2D eigenvalue weighted by atomic mass is 19.4. The Morgan fingerprint density at radius 1 is 0.566 bits per heavy atom. The van der Waals surface area contributed by atoms with E-state index in [0.717, 1.165) is 11.1 Å². The number of likely N-dealkylation sites (tertiary alicyclic amines) is 2. The summed E-state index contributed by atoms with van der Waals surface area (Å²) in [6.45, 7) is 2.48. The fourth-order valence-electron chi connectivity index (χ4n) is 9.10. The number of benzene rings is 2. The van der Waals surface area contributed by atoms with Gasteiger partial charge in [-0.25, -0.2) is 0 Å². The number of alkyl halides is 6. The number of unbranched alkanes of at least 4 members (excludes halogenated alkanes) is 3. The first-order chi connectivity index (χ1) is 36.0. The van der Waals surface area contributed by atoms with Crippen molar-refractivity contribution in [3.63, 3.8) is 0 Å². The molecule has 6 N–H and O–H groups in total. The zero-order chi connectivity index (χ0) is 56.0. The van der Waals surface area contributed by atoms with Gasteiger partial charge in [0.1, 0.15) is 12.1 Å². The van der Waals surface area contributed by atoms with Crippen molar-refractivity contribution in [2.24, 2.45) is 0 Å². The lowest BCUT2D eigenvalue weighted by atomic mass is 10.1. The molecule has 2 aliphatic heterocycles. The average Bonchev–Trinajstić information content (AvgIpc) is 4.07. The summed E-state index contributed by atoms with van der Waals surface area (Å²) in [4.78, 5) is 110. The highest BCUT2D eigenvalue weighted by molar-refractivity contribution is 5.94. The molecule has 2 saturated heterocycles. The van der Waals surface area contributed by atoms with Crippen molar-refractivity contribution < 1.29 is 64.7 Å². The predicted octanol–water partition coefficient (Wildman–Crippen LogP) is 2.99. The van der Waals surface area contributed by atoms with Gasteiger partial charge in [-0.1, -0.05) is 73.5 Å². The van der Waals surface area contributed by atoms with Gasteiger partial charge in [-0.05, 0) is 90.4 Å². The highest BCUT2D eigenvalue weighted by Gasteiger charge is 2.46. The number of halogens is 6. The quantitative estimate of drug-likeness (QED) is 0.0517. The summed E-state index contributed by atoms with van der Waals surface area (Å²) in [6, 6.07) is 11.6. The van der Waals surface area contributed by atoms with Gasteiger partial charge >= 0.3 is 24.2 Å². The minimum atomic E-state index is -5.15. The third-order valence-electron chi connectivity index (χ3n) is 13.7. The zero-order valence-corrected chi connectivity index (χ0v) is 43.7. The Labute approximate surface area is 440 Å². The van der Waals surface area contributed by atoms with Crippen LogP contribution < -0.4 is 31.9 Å². The van der Waals surface area contributed by atoms with Crippen LogP contribution in [-0.4, -0.2) is 182 Å². The molecule has 422 valence electrons. The topological polar surface area (TPSA) is 222 Å². The molecular weight excluding hydrogens is 1010 g/mol. The van der Waals surface area contributed by atoms with Gasteiger partial charge < -0.3 is 51.5 Å². The van der Waals surface area contributed by atoms with E-state index in [2.05, 4.69) is 31.9 Å². The number of carbonyl (C=O) groups excluding carboxylic acids is 8. The summed E-state index contributed by atoms with van der Waals surface area (Å²) in [5, 5.41) is 16.2. The Balaban J connectivity index is 1.28. The number of hydrogen-bond acceptors (Lipinski definition) is 10. The van der Waals surface area contributed by atoms with E-state index in [-0.39, 0.29) is 52.1 Å². The minimum absolute atomic E-state index is 0.146. The van der Waals surface area contributed by atoms with Crippen LogP contribution >= 0.6 is 0 Å². The summed E-state index contributed by atoms with van der Waals surface area (Å²) >= 11 is 0. The van der Waals surface area contributed by atoms with Gasteiger partial charge in [0.15, 0.2) is 0 Å². The van der Waals surface area contributed by atoms with E-state index in [1.54, 1.807) is 74.5 Å². The van der Waals surface area contributed by atoms with Crippen molar-refractivity contribution in [2.75, 3.05) is 66.5 Å². The number of likely N-dealkylation sites (N-methyl/N-ethyl adjacent to an activating group) is 2. The summed E-state index contributed by atoms with van der Waals surface area (Å²) < 4.78 is 82.5. The van der Waals surface area contributed by atoms with Gasteiger partial charge in [0.25, 0.3) is 0 Å². The van der Waals surface area contributed by atoms with E-state index in [1.165, 1.54) is 23.9 Å². The smallest absolute Gasteiger partial charge is 0.356 e. The lowest BCUT2D eigenvalue weighted by Gasteiger charge is -2.33. The van der Waals surface area contributed by atoms with E-state index in [1.807, 2.05) is 0 Å². The third kappa shape index (κ3) is 20.0. The lowest BCUT2D eigenvalue weighted by Crippen LogP contribution is -2.56. The monoisotopic (exact) mass is 1080 g/mol. The van der Waals surface area contributed by atoms with Crippen LogP contribution in [-0.2, 0) is 51.2 Å². The Bertz CT molecular complexity index is 2070. The third-order valence-corrected chi connectivity index (χ3v) is 13.7. The normalized spacial score (nSPS) is 17.2. The number of nitrogens with zero attached hydrogens (tertiary/aromatic N) is 4. The fourth-order valence-corrected chi connectivity index (χ4v) is 9.10. The number of hydrogen-bond donors (Lipinski definition) is 6. The molecule has 2 heterocycles. The SMILES string of the molecule is CN[C@@H](C)C(=O)N[C@@H](CC(=O)NCCCCCCNC(=O)C[C@H](NC(=O)[C@@H](C)NC)C(=O)N1CCC[C@H]1CN(CCc1ccccc1)C(=O)C(F)(F)F)C(=O)N1CCC[C@H]1CN(CCc1ccccc1)C(=O)C(F)(F)F. The molecule has 8 amide bonds. The van der Waals surface area contributed by atoms with Crippen LogP contribution in [0.1, 0.15) is 89.2 Å². The summed E-state index contributed by atoms with van der Waals surface area (Å²) in [5.74, 6) is -7.67. The molecule has 0 unspecified atom stereocenters. The number of carbonyl (C=O) groups is 8. The molecule has 4 rings (SSSR count). The predicted molar refractivity (Wildman–Crippen MR) is 270 cm³/mol. The molecule has 18 nitrogen and oxygen atoms in total. The maximum atomic E-state index is 14.1. The second-order valence-corrected chi connectivity index (χ2v) is 19.3. The number of amides is 8. The minimum Gasteiger partial charge on any atom is -0.356 e. The van der Waals surface area contributed by atoms with Gasteiger partial charge in [0, 0.05) is 64.4 Å². The molecular formula is C52H74F6N10O8. The van der Waals surface area contributed by atoms with E-state index in [0.29, 0.717) is 61.2 Å². The molecule has 0 bridgehead atoms. The number of rotatable bonds is 29. The summed E-state index contributed by atoms with van der Waals surface area (Å²) in [7, 11) is 3.06. The Kier molecular flexibility index (Phi) is 24.9. The van der Waals surface area contributed by atoms with Crippen molar-refractivity contribution in [3.8, 4) is 0 Å². The molecule has 2 fully saturated rings. The number of nitrogens with one attached hydrogen (secondary N) is 6. The van der Waals surface area contributed by atoms with Crippen molar-refractivity contribution in [1.82, 2.24) is 51.5 Å². The van der Waals surface area contributed by atoms with Gasteiger partial charge in [0.2, 0.25) is 35.4 Å². The second kappa shape index (κ2) is 30.4. The van der Waals surface area contributed by atoms with Gasteiger partial charge in [-0.15, -0.1) is 0 Å². The Morgan fingerprint density at radius 2 is 0.921 bits per heavy atom. The molecule has 2 aromatic rings. The van der Waals surface area contributed by atoms with Crippen molar-refractivity contribution in [2.45, 2.75) is 140 Å². The van der Waals surface area contributed by atoms with Crippen molar-refractivity contribution in [1.29, 1.82) is 0 Å². The molecule has 0 saturated carbocycles. The van der Waals surface area contributed by atoms with E-state index >= 15 is 0 Å². The van der Waals surface area contributed by atoms with Crippen molar-refractivity contribution >= 4 is 47.3 Å². The van der Waals surface area contributed by atoms with E-state index in [4.69, 9.17) is 0 Å². The molecule has 0 spiro atoms. The zero-order valence-electron chi connectivity index (χ0n) is 43.7. The molecule has 76 heavy (non-hydrogen) atoms. The van der Waals surface area contributed by atoms with Crippen molar-refractivity contribution in [3.05, 3.63) is 71.8 Å². The molecule has 2 aromatic carbocycles. The highest BCUT2D eigenvalue weighted by Crippen LogP contribution is 2.26. The van der Waals surface area contributed by atoms with E-state index in [9.17, 15) is 64.7 Å². The molecule has 2 aliphatic rings. The van der Waals surface area contributed by atoms with Crippen LogP contribution in [0.5, 0.6) is 0 Å². The van der Waals surface area contributed by atoms with Crippen LogP contribution in [0.4, 0.5) is 26.3 Å². The maximum Gasteiger partial charge on any atom is 0.471 e. The second-order valence-electron chi connectivity index (χ2n) is 19.3. The van der Waals surface area contributed by atoms with Gasteiger partial charge in [-0.3, -0.25) is 38.4 Å². The largest absolute Gasteiger partial charge is 0.471 e. The van der Waals surface area contributed by atoms with Gasteiger partial charge in [0.05, 0.1) is 24.9 Å². The van der Waals surface area contributed by atoms with Crippen LogP contribution in [0.25, 0.3) is 0 Å². The molecule has 0 radical (unpaired) electrons. The van der Waals surface area contributed by atoms with Crippen LogP contribution in [0, 0.1) is 0 Å². The molecule has 24 heteroatoms.